The van der Waals surface area contributed by atoms with E-state index in [-0.39, 0.29) is 16.7 Å². The van der Waals surface area contributed by atoms with Gasteiger partial charge in [-0.3, -0.25) is 0 Å². The molecule has 3 rings (SSSR count). The van der Waals surface area contributed by atoms with Crippen molar-refractivity contribution in [3.8, 4) is 0 Å². The number of benzene rings is 1. The van der Waals surface area contributed by atoms with Gasteiger partial charge < -0.3 is 0 Å². The summed E-state index contributed by atoms with van der Waals surface area (Å²) in [7, 11) is -6.72. The summed E-state index contributed by atoms with van der Waals surface area (Å²) >= 11 is 0. The monoisotopic (exact) mass is 315 g/mol. The summed E-state index contributed by atoms with van der Waals surface area (Å²) in [5.41, 5.74) is 0. The molecular formula is C13H17NO4S2. The van der Waals surface area contributed by atoms with Crippen LogP contribution in [0.15, 0.2) is 35.2 Å². The zero-order valence-corrected chi connectivity index (χ0v) is 12.6. The van der Waals surface area contributed by atoms with Gasteiger partial charge in [-0.2, -0.15) is 0 Å². The van der Waals surface area contributed by atoms with Crippen molar-refractivity contribution >= 4 is 19.9 Å². The van der Waals surface area contributed by atoms with Crippen LogP contribution in [0.4, 0.5) is 0 Å². The highest BCUT2D eigenvalue weighted by atomic mass is 32.2. The Hall–Kier alpha value is -0.920. The number of rotatable bonds is 4. The quantitative estimate of drug-likeness (QED) is 0.832. The average molecular weight is 315 g/mol. The molecule has 0 amide bonds. The normalized spacial score (nSPS) is 24.9. The van der Waals surface area contributed by atoms with Gasteiger partial charge >= 0.3 is 0 Å². The van der Waals surface area contributed by atoms with Crippen LogP contribution in [-0.4, -0.2) is 44.7 Å². The SMILES string of the molecule is O=S(=O)(c1ccccc1)[C@@H]1CCN(S(=O)(=O)C2CC2)C1. The van der Waals surface area contributed by atoms with E-state index in [1.165, 1.54) is 4.31 Å². The lowest BCUT2D eigenvalue weighted by Crippen LogP contribution is -2.34. The third kappa shape index (κ3) is 2.38. The first kappa shape index (κ1) is 14.0. The number of hydrogen-bond acceptors (Lipinski definition) is 4. The van der Waals surface area contributed by atoms with E-state index in [1.54, 1.807) is 30.3 Å². The van der Waals surface area contributed by atoms with E-state index < -0.39 is 25.1 Å². The second-order valence-corrected chi connectivity index (χ2v) is 9.81. The summed E-state index contributed by atoms with van der Waals surface area (Å²) < 4.78 is 50.6. The molecule has 2 fully saturated rings. The lowest BCUT2D eigenvalue weighted by atomic mass is 10.4. The van der Waals surface area contributed by atoms with Gasteiger partial charge in [-0.05, 0) is 31.4 Å². The summed E-state index contributed by atoms with van der Waals surface area (Å²) in [5, 5.41) is -0.904. The third-order valence-corrected chi connectivity index (χ3v) is 8.48. The fraction of sp³-hybridized carbons (Fsp3) is 0.538. The Balaban J connectivity index is 1.81. The van der Waals surface area contributed by atoms with Crippen LogP contribution < -0.4 is 0 Å². The molecule has 0 spiro atoms. The predicted octanol–water partition coefficient (Wildman–Crippen LogP) is 1.03. The Morgan fingerprint density at radius 1 is 0.900 bits per heavy atom. The maximum atomic E-state index is 12.5. The Labute approximate surface area is 119 Å². The number of nitrogens with zero attached hydrogens (tertiary/aromatic N) is 1. The van der Waals surface area contributed by atoms with E-state index in [1.807, 2.05) is 0 Å². The minimum absolute atomic E-state index is 0.0933. The van der Waals surface area contributed by atoms with Gasteiger partial charge in [-0.25, -0.2) is 21.1 Å². The van der Waals surface area contributed by atoms with Crippen molar-refractivity contribution in [1.82, 2.24) is 4.31 Å². The molecule has 1 aromatic rings. The van der Waals surface area contributed by atoms with Gasteiger partial charge in [0.1, 0.15) is 0 Å². The van der Waals surface area contributed by atoms with Crippen molar-refractivity contribution in [3.63, 3.8) is 0 Å². The Kier molecular flexibility index (Phi) is 3.38. The number of hydrogen-bond donors (Lipinski definition) is 0. The number of sulfone groups is 1. The van der Waals surface area contributed by atoms with Gasteiger partial charge in [0.05, 0.1) is 15.4 Å². The summed E-state index contributed by atoms with van der Waals surface area (Å²) in [4.78, 5) is 0.274. The van der Waals surface area contributed by atoms with Crippen LogP contribution in [0, 0.1) is 0 Å². The first-order valence-corrected chi connectivity index (χ1v) is 9.75. The van der Waals surface area contributed by atoms with Crippen molar-refractivity contribution in [2.75, 3.05) is 13.1 Å². The van der Waals surface area contributed by atoms with Gasteiger partial charge in [0.2, 0.25) is 10.0 Å². The average Bonchev–Trinajstić information content (AvgIpc) is 3.17. The first-order chi connectivity index (χ1) is 9.42. The largest absolute Gasteiger partial charge is 0.223 e. The molecule has 1 saturated carbocycles. The second-order valence-electron chi connectivity index (χ2n) is 5.37. The molecule has 1 aliphatic carbocycles. The molecule has 5 nitrogen and oxygen atoms in total. The van der Waals surface area contributed by atoms with E-state index in [2.05, 4.69) is 0 Å². The smallest absolute Gasteiger partial charge is 0.217 e. The van der Waals surface area contributed by atoms with E-state index in [9.17, 15) is 16.8 Å². The van der Waals surface area contributed by atoms with Gasteiger partial charge in [-0.15, -0.1) is 0 Å². The predicted molar refractivity (Wildman–Crippen MR) is 75.5 cm³/mol. The molecule has 0 N–H and O–H groups in total. The molecular weight excluding hydrogens is 298 g/mol. The molecule has 1 heterocycles. The zero-order chi connectivity index (χ0) is 14.4. The molecule has 1 aliphatic heterocycles. The van der Waals surface area contributed by atoms with E-state index in [4.69, 9.17) is 0 Å². The van der Waals surface area contributed by atoms with Crippen molar-refractivity contribution in [3.05, 3.63) is 30.3 Å². The maximum Gasteiger partial charge on any atom is 0.217 e. The van der Waals surface area contributed by atoms with Crippen LogP contribution >= 0.6 is 0 Å². The Morgan fingerprint density at radius 2 is 1.55 bits per heavy atom. The van der Waals surface area contributed by atoms with Crippen LogP contribution in [-0.2, 0) is 19.9 Å². The summed E-state index contributed by atoms with van der Waals surface area (Å²) in [6.07, 6.45) is 1.78. The molecule has 1 atom stereocenters. The van der Waals surface area contributed by atoms with Gasteiger partial charge in [-0.1, -0.05) is 18.2 Å². The van der Waals surface area contributed by atoms with Crippen LogP contribution in [0.25, 0.3) is 0 Å². The molecule has 0 aromatic heterocycles. The van der Waals surface area contributed by atoms with E-state index in [0.717, 1.165) is 0 Å². The lowest BCUT2D eigenvalue weighted by molar-refractivity contribution is 0.475. The fourth-order valence-electron chi connectivity index (χ4n) is 2.56. The van der Waals surface area contributed by atoms with Gasteiger partial charge in [0, 0.05) is 13.1 Å². The zero-order valence-electron chi connectivity index (χ0n) is 11.0. The van der Waals surface area contributed by atoms with Crippen LogP contribution in [0.3, 0.4) is 0 Å². The molecule has 110 valence electrons. The maximum absolute atomic E-state index is 12.5. The minimum atomic E-state index is -3.44. The molecule has 0 bridgehead atoms. The van der Waals surface area contributed by atoms with Gasteiger partial charge in [0.15, 0.2) is 9.84 Å². The molecule has 0 unspecified atom stereocenters. The van der Waals surface area contributed by atoms with Crippen LogP contribution in [0.1, 0.15) is 19.3 Å². The Bertz CT molecular complexity index is 693. The van der Waals surface area contributed by atoms with Crippen molar-refractivity contribution in [2.24, 2.45) is 0 Å². The summed E-state index contributed by atoms with van der Waals surface area (Å²) in [6.45, 7) is 0.408. The van der Waals surface area contributed by atoms with Crippen molar-refractivity contribution in [2.45, 2.75) is 34.7 Å². The molecule has 20 heavy (non-hydrogen) atoms. The van der Waals surface area contributed by atoms with E-state index >= 15 is 0 Å². The molecule has 1 saturated heterocycles. The van der Waals surface area contributed by atoms with E-state index in [0.29, 0.717) is 25.8 Å². The van der Waals surface area contributed by atoms with Crippen molar-refractivity contribution < 1.29 is 16.8 Å². The number of sulfonamides is 1. The van der Waals surface area contributed by atoms with Crippen LogP contribution in [0.2, 0.25) is 0 Å². The lowest BCUT2D eigenvalue weighted by Gasteiger charge is -2.16. The third-order valence-electron chi connectivity index (χ3n) is 3.92. The minimum Gasteiger partial charge on any atom is -0.223 e. The molecule has 7 heteroatoms. The molecule has 2 aliphatic rings. The van der Waals surface area contributed by atoms with Crippen molar-refractivity contribution in [1.29, 1.82) is 0 Å². The van der Waals surface area contributed by atoms with Crippen LogP contribution in [0.5, 0.6) is 0 Å². The summed E-state index contributed by atoms with van der Waals surface area (Å²) in [6, 6.07) is 8.25. The standard InChI is InChI=1S/C13H17NO4S2/c15-19(16,11-4-2-1-3-5-11)13-8-9-14(10-13)20(17,18)12-6-7-12/h1-5,12-13H,6-10H2/t13-/m1/s1. The molecule has 1 aromatic carbocycles. The highest BCUT2D eigenvalue weighted by Crippen LogP contribution is 2.34. The highest BCUT2D eigenvalue weighted by Gasteiger charge is 2.45. The Morgan fingerprint density at radius 3 is 2.15 bits per heavy atom. The second kappa shape index (κ2) is 4.82. The summed E-state index contributed by atoms with van der Waals surface area (Å²) in [5.74, 6) is 0. The molecule has 0 radical (unpaired) electrons. The highest BCUT2D eigenvalue weighted by molar-refractivity contribution is 7.92. The fourth-order valence-corrected chi connectivity index (χ4v) is 6.27. The van der Waals surface area contributed by atoms with Gasteiger partial charge in [0.25, 0.3) is 0 Å². The first-order valence-electron chi connectivity index (χ1n) is 6.70. The topological polar surface area (TPSA) is 71.5 Å².